The number of fused-ring (bicyclic) bond motifs is 1. The molecule has 0 aliphatic carbocycles. The molecule has 2 atom stereocenters. The zero-order valence-corrected chi connectivity index (χ0v) is 22.9. The van der Waals surface area contributed by atoms with Gasteiger partial charge in [-0.2, -0.15) is 5.10 Å². The van der Waals surface area contributed by atoms with Crippen LogP contribution in [0.25, 0.3) is 17.2 Å². The molecule has 3 aromatic heterocycles. The van der Waals surface area contributed by atoms with Gasteiger partial charge in [0.25, 0.3) is 0 Å². The Morgan fingerprint density at radius 3 is 2.39 bits per heavy atom. The summed E-state index contributed by atoms with van der Waals surface area (Å²) in [7, 11) is -0.957. The Morgan fingerprint density at radius 1 is 1.08 bits per heavy atom. The van der Waals surface area contributed by atoms with E-state index in [4.69, 9.17) is 21.1 Å². The molecule has 0 radical (unpaired) electrons. The topological polar surface area (TPSA) is 139 Å². The summed E-state index contributed by atoms with van der Waals surface area (Å²) in [5.41, 5.74) is 2.07. The summed E-state index contributed by atoms with van der Waals surface area (Å²) in [5.74, 6) is 0.995. The Labute approximate surface area is 225 Å². The molecule has 1 aliphatic rings. The van der Waals surface area contributed by atoms with Gasteiger partial charge in [-0.05, 0) is 38.0 Å². The highest BCUT2D eigenvalue weighted by Gasteiger charge is 2.33. The minimum Gasteiger partial charge on any atom is -0.494 e. The van der Waals surface area contributed by atoms with Gasteiger partial charge in [0.15, 0.2) is 5.82 Å². The highest BCUT2D eigenvalue weighted by atomic mass is 35.5. The van der Waals surface area contributed by atoms with Crippen molar-refractivity contribution >= 4 is 27.6 Å². The average molecular weight is 559 g/mol. The predicted octanol–water partition coefficient (Wildman–Crippen LogP) is 3.47. The van der Waals surface area contributed by atoms with Gasteiger partial charge >= 0.3 is 0 Å². The Balaban J connectivity index is 1.60. The van der Waals surface area contributed by atoms with Crippen molar-refractivity contribution in [2.75, 3.05) is 18.9 Å². The number of hydrogen-bond acceptors (Lipinski definition) is 9. The number of methoxy groups -OCH3 is 2. The van der Waals surface area contributed by atoms with E-state index in [-0.39, 0.29) is 5.95 Å². The van der Waals surface area contributed by atoms with Crippen molar-refractivity contribution in [3.8, 4) is 28.7 Å². The summed E-state index contributed by atoms with van der Waals surface area (Å²) in [6.45, 7) is 4.12. The maximum absolute atomic E-state index is 13.6. The molecule has 0 bridgehead atoms. The smallest absolute Gasteiger partial charge is 0.243 e. The van der Waals surface area contributed by atoms with Gasteiger partial charge in [-0.3, -0.25) is 14.0 Å². The van der Waals surface area contributed by atoms with Crippen LogP contribution in [0.4, 0.5) is 5.95 Å². The maximum atomic E-state index is 13.6. The molecule has 0 amide bonds. The summed E-state index contributed by atoms with van der Waals surface area (Å²) < 4.78 is 44.5. The standard InChI is InChI=1S/C24H27ClN8O4S/c1-14(22-26-12-16(25)13-27-22)15(2)38(34,35)31-24-29-28-23(18-11-17-7-6-10-32(17)30-18)33(24)21-19(36-3)8-5-9-20(21)37-4/h5,8-9,11-15H,6-7,10H2,1-4H3,(H,29,31)/t14-,15-/m0/s1. The van der Waals surface area contributed by atoms with Crippen molar-refractivity contribution in [3.63, 3.8) is 0 Å². The molecule has 1 N–H and O–H groups in total. The van der Waals surface area contributed by atoms with E-state index in [2.05, 4.69) is 30.0 Å². The summed E-state index contributed by atoms with van der Waals surface area (Å²) in [5, 5.41) is 12.7. The fraction of sp³-hybridized carbons (Fsp3) is 0.375. The normalized spacial score (nSPS) is 14.7. The zero-order valence-electron chi connectivity index (χ0n) is 21.3. The largest absolute Gasteiger partial charge is 0.494 e. The van der Waals surface area contributed by atoms with Crippen LogP contribution in [-0.2, 0) is 23.0 Å². The van der Waals surface area contributed by atoms with Gasteiger partial charge in [0.2, 0.25) is 16.0 Å². The number of halogens is 1. The van der Waals surface area contributed by atoms with E-state index in [0.29, 0.717) is 39.6 Å². The average Bonchev–Trinajstić information content (AvgIpc) is 3.62. The van der Waals surface area contributed by atoms with Crippen molar-refractivity contribution in [1.29, 1.82) is 0 Å². The van der Waals surface area contributed by atoms with Gasteiger partial charge in [-0.15, -0.1) is 10.2 Å². The molecular weight excluding hydrogens is 532 g/mol. The monoisotopic (exact) mass is 558 g/mol. The quantitative estimate of drug-likeness (QED) is 0.327. The lowest BCUT2D eigenvalue weighted by Gasteiger charge is -2.21. The lowest BCUT2D eigenvalue weighted by Crippen LogP contribution is -2.31. The van der Waals surface area contributed by atoms with Crippen LogP contribution >= 0.6 is 11.6 Å². The van der Waals surface area contributed by atoms with Crippen molar-refractivity contribution < 1.29 is 17.9 Å². The number of ether oxygens (including phenoxy) is 2. The van der Waals surface area contributed by atoms with E-state index in [1.165, 1.54) is 26.6 Å². The summed E-state index contributed by atoms with van der Waals surface area (Å²) in [6, 6.07) is 7.21. The van der Waals surface area contributed by atoms with Gasteiger partial charge in [0.1, 0.15) is 28.7 Å². The summed E-state index contributed by atoms with van der Waals surface area (Å²) in [4.78, 5) is 8.37. The molecule has 0 spiro atoms. The van der Waals surface area contributed by atoms with Gasteiger partial charge in [0.05, 0.1) is 24.5 Å². The molecule has 0 saturated heterocycles. The number of nitrogens with one attached hydrogen (secondary N) is 1. The molecule has 200 valence electrons. The van der Waals surface area contributed by atoms with Crippen molar-refractivity contribution in [3.05, 3.63) is 53.2 Å². The van der Waals surface area contributed by atoms with Crippen LogP contribution in [-0.4, -0.2) is 62.4 Å². The van der Waals surface area contributed by atoms with Crippen LogP contribution in [0.5, 0.6) is 11.5 Å². The Hall–Kier alpha value is -3.71. The van der Waals surface area contributed by atoms with Crippen molar-refractivity contribution in [1.82, 2.24) is 34.5 Å². The van der Waals surface area contributed by atoms with E-state index in [1.807, 2.05) is 10.7 Å². The molecule has 1 aliphatic heterocycles. The third-order valence-electron chi connectivity index (χ3n) is 6.66. The van der Waals surface area contributed by atoms with Crippen LogP contribution in [0, 0.1) is 0 Å². The zero-order chi connectivity index (χ0) is 27.0. The summed E-state index contributed by atoms with van der Waals surface area (Å²) >= 11 is 5.89. The molecule has 4 heterocycles. The fourth-order valence-electron chi connectivity index (χ4n) is 4.41. The number of aromatic nitrogens is 7. The first kappa shape index (κ1) is 25.9. The van der Waals surface area contributed by atoms with Crippen LogP contribution < -0.4 is 14.2 Å². The number of nitrogens with zero attached hydrogens (tertiary/aromatic N) is 7. The number of para-hydroxylation sites is 1. The Bertz CT molecular complexity index is 1520. The van der Waals surface area contributed by atoms with Gasteiger partial charge in [-0.1, -0.05) is 24.6 Å². The molecule has 5 rings (SSSR count). The SMILES string of the molecule is COc1cccc(OC)c1-n1c(NS(=O)(=O)[C@@H](C)[C@H](C)c2ncc(Cl)cn2)nnc1-c1cc2n(n1)CCC2. The van der Waals surface area contributed by atoms with Crippen LogP contribution in [0.15, 0.2) is 36.7 Å². The second kappa shape index (κ2) is 10.2. The number of anilines is 1. The second-order valence-electron chi connectivity index (χ2n) is 8.94. The molecule has 4 aromatic rings. The lowest BCUT2D eigenvalue weighted by atomic mass is 10.1. The molecule has 0 unspecified atom stereocenters. The van der Waals surface area contributed by atoms with Crippen molar-refractivity contribution in [2.45, 2.75) is 44.4 Å². The Kier molecular flexibility index (Phi) is 6.97. The lowest BCUT2D eigenvalue weighted by molar-refractivity contribution is 0.391. The van der Waals surface area contributed by atoms with Gasteiger partial charge in [0, 0.05) is 30.6 Å². The van der Waals surface area contributed by atoms with Gasteiger partial charge in [-0.25, -0.2) is 18.4 Å². The minimum absolute atomic E-state index is 0.0352. The third kappa shape index (κ3) is 4.67. The van der Waals surface area contributed by atoms with E-state index < -0.39 is 21.2 Å². The first-order valence-electron chi connectivity index (χ1n) is 12.0. The number of sulfonamides is 1. The molecule has 0 saturated carbocycles. The van der Waals surface area contributed by atoms with Crippen LogP contribution in [0.3, 0.4) is 0 Å². The second-order valence-corrected chi connectivity index (χ2v) is 11.4. The highest BCUT2D eigenvalue weighted by molar-refractivity contribution is 7.93. The van der Waals surface area contributed by atoms with E-state index in [0.717, 1.165) is 25.1 Å². The molecule has 1 aromatic carbocycles. The Morgan fingerprint density at radius 2 is 1.76 bits per heavy atom. The fourth-order valence-corrected chi connectivity index (χ4v) is 5.74. The molecule has 14 heteroatoms. The number of rotatable bonds is 9. The minimum atomic E-state index is -4.00. The van der Waals surface area contributed by atoms with E-state index >= 15 is 0 Å². The van der Waals surface area contributed by atoms with Gasteiger partial charge < -0.3 is 9.47 Å². The third-order valence-corrected chi connectivity index (χ3v) is 8.71. The van der Waals surface area contributed by atoms with Crippen LogP contribution in [0.1, 0.15) is 37.7 Å². The number of benzene rings is 1. The van der Waals surface area contributed by atoms with E-state index in [9.17, 15) is 8.42 Å². The first-order valence-corrected chi connectivity index (χ1v) is 13.9. The maximum Gasteiger partial charge on any atom is 0.243 e. The predicted molar refractivity (Wildman–Crippen MR) is 141 cm³/mol. The first-order chi connectivity index (χ1) is 18.2. The van der Waals surface area contributed by atoms with Crippen molar-refractivity contribution in [2.24, 2.45) is 0 Å². The highest BCUT2D eigenvalue weighted by Crippen LogP contribution is 2.38. The molecule has 38 heavy (non-hydrogen) atoms. The molecule has 0 fully saturated rings. The molecular formula is C24H27ClN8O4S. The van der Waals surface area contributed by atoms with Crippen LogP contribution in [0.2, 0.25) is 5.02 Å². The number of aryl methyl sites for hydroxylation is 2. The van der Waals surface area contributed by atoms with E-state index in [1.54, 1.807) is 36.6 Å². The summed E-state index contributed by atoms with van der Waals surface area (Å²) in [6.07, 6.45) is 4.80. The number of hydrogen-bond donors (Lipinski definition) is 1. The molecule has 12 nitrogen and oxygen atoms in total.